The molecule has 1 heterocycles. The van der Waals surface area contributed by atoms with Crippen LogP contribution in [0.1, 0.15) is 13.3 Å². The van der Waals surface area contributed by atoms with Crippen molar-refractivity contribution in [1.82, 2.24) is 5.01 Å². The molecule has 0 aromatic rings. The molecule has 0 aliphatic carbocycles. The van der Waals surface area contributed by atoms with E-state index in [0.717, 1.165) is 5.71 Å². The van der Waals surface area contributed by atoms with Gasteiger partial charge in [0.25, 0.3) is 0 Å². The van der Waals surface area contributed by atoms with Crippen molar-refractivity contribution in [3.63, 3.8) is 0 Å². The van der Waals surface area contributed by atoms with E-state index in [0.29, 0.717) is 6.42 Å². The van der Waals surface area contributed by atoms with Gasteiger partial charge in [-0.25, -0.2) is 5.01 Å². The second kappa shape index (κ2) is 2.48. The third-order valence-electron chi connectivity index (χ3n) is 1.21. The summed E-state index contributed by atoms with van der Waals surface area (Å²) in [6, 6.07) is 1.86. The lowest BCUT2D eigenvalue weighted by atomic mass is 10.3. The van der Waals surface area contributed by atoms with Gasteiger partial charge in [0, 0.05) is 5.71 Å². The first kappa shape index (κ1) is 6.75. The highest BCUT2D eigenvalue weighted by atomic mass is 16.2. The Kier molecular flexibility index (Phi) is 1.67. The summed E-state index contributed by atoms with van der Waals surface area (Å²) in [7, 11) is 0. The van der Waals surface area contributed by atoms with Gasteiger partial charge in [-0.05, 0) is 6.92 Å². The monoisotopic (exact) mass is 137 g/mol. The number of amides is 1. The molecule has 0 bridgehead atoms. The zero-order chi connectivity index (χ0) is 7.56. The summed E-state index contributed by atoms with van der Waals surface area (Å²) in [5.74, 6) is -0.0842. The van der Waals surface area contributed by atoms with Crippen molar-refractivity contribution in [3.8, 4) is 6.07 Å². The molecule has 0 fully saturated rings. The molecule has 4 nitrogen and oxygen atoms in total. The Labute approximate surface area is 58.7 Å². The Balaban J connectivity index is 2.62. The van der Waals surface area contributed by atoms with Gasteiger partial charge in [-0.2, -0.15) is 10.4 Å². The summed E-state index contributed by atoms with van der Waals surface area (Å²) in [5, 5.41) is 13.2. The van der Waals surface area contributed by atoms with Crippen molar-refractivity contribution in [1.29, 1.82) is 5.26 Å². The standard InChI is InChI=1S/C6H7N3O/c1-5-4-6(10)9(8-5)3-2-7/h3-4H2,1H3. The van der Waals surface area contributed by atoms with Crippen LogP contribution in [0.3, 0.4) is 0 Å². The van der Waals surface area contributed by atoms with Crippen LogP contribution in [0, 0.1) is 11.3 Å². The van der Waals surface area contributed by atoms with Crippen molar-refractivity contribution < 1.29 is 4.79 Å². The van der Waals surface area contributed by atoms with Crippen molar-refractivity contribution in [2.75, 3.05) is 6.54 Å². The first-order chi connectivity index (χ1) is 4.74. The van der Waals surface area contributed by atoms with E-state index in [4.69, 9.17) is 5.26 Å². The number of carbonyl (C=O) groups is 1. The fraction of sp³-hybridized carbons (Fsp3) is 0.500. The second-order valence-electron chi connectivity index (χ2n) is 2.12. The molecule has 0 spiro atoms. The van der Waals surface area contributed by atoms with Gasteiger partial charge >= 0.3 is 0 Å². The highest BCUT2D eigenvalue weighted by Gasteiger charge is 2.19. The summed E-state index contributed by atoms with van der Waals surface area (Å²) >= 11 is 0. The van der Waals surface area contributed by atoms with E-state index in [-0.39, 0.29) is 12.5 Å². The third-order valence-corrected chi connectivity index (χ3v) is 1.21. The Morgan fingerprint density at radius 3 is 3.00 bits per heavy atom. The van der Waals surface area contributed by atoms with Gasteiger partial charge in [0.2, 0.25) is 5.91 Å². The topological polar surface area (TPSA) is 56.5 Å². The Hall–Kier alpha value is -1.37. The van der Waals surface area contributed by atoms with Crippen LogP contribution in [0.5, 0.6) is 0 Å². The average molecular weight is 137 g/mol. The molecule has 0 aromatic heterocycles. The van der Waals surface area contributed by atoms with Crippen LogP contribution in [0.2, 0.25) is 0 Å². The van der Waals surface area contributed by atoms with Crippen molar-refractivity contribution in [2.24, 2.45) is 5.10 Å². The zero-order valence-electron chi connectivity index (χ0n) is 5.66. The number of hydrazone groups is 1. The summed E-state index contributed by atoms with van der Waals surface area (Å²) in [4.78, 5) is 10.8. The molecule has 52 valence electrons. The summed E-state index contributed by atoms with van der Waals surface area (Å²) in [6.07, 6.45) is 0.363. The van der Waals surface area contributed by atoms with Crippen LogP contribution in [0.25, 0.3) is 0 Å². The van der Waals surface area contributed by atoms with Crippen molar-refractivity contribution in [3.05, 3.63) is 0 Å². The molecule has 0 aromatic carbocycles. The number of carbonyl (C=O) groups excluding carboxylic acids is 1. The van der Waals surface area contributed by atoms with Gasteiger partial charge in [0.1, 0.15) is 6.54 Å². The summed E-state index contributed by atoms with van der Waals surface area (Å²) in [6.45, 7) is 1.84. The minimum Gasteiger partial charge on any atom is -0.272 e. The molecule has 1 aliphatic heterocycles. The maximum absolute atomic E-state index is 10.8. The van der Waals surface area contributed by atoms with Gasteiger partial charge in [-0.3, -0.25) is 4.79 Å². The fourth-order valence-electron chi connectivity index (χ4n) is 0.798. The van der Waals surface area contributed by atoms with E-state index in [9.17, 15) is 4.79 Å². The normalized spacial score (nSPS) is 17.0. The van der Waals surface area contributed by atoms with Crippen LogP contribution in [0.15, 0.2) is 5.10 Å². The van der Waals surface area contributed by atoms with E-state index >= 15 is 0 Å². The van der Waals surface area contributed by atoms with Crippen LogP contribution in [-0.2, 0) is 4.79 Å². The number of hydrogen-bond donors (Lipinski definition) is 0. The lowest BCUT2D eigenvalue weighted by Gasteiger charge is -2.03. The minimum absolute atomic E-state index is 0.0656. The molecule has 10 heavy (non-hydrogen) atoms. The molecule has 0 N–H and O–H groups in total. The van der Waals surface area contributed by atoms with Crippen molar-refractivity contribution in [2.45, 2.75) is 13.3 Å². The molecular formula is C6H7N3O. The Bertz CT molecular complexity index is 226. The van der Waals surface area contributed by atoms with Crippen LogP contribution in [-0.4, -0.2) is 23.2 Å². The SMILES string of the molecule is CC1=NN(CC#N)C(=O)C1. The second-order valence-corrected chi connectivity index (χ2v) is 2.12. The Morgan fingerprint density at radius 2 is 2.60 bits per heavy atom. The highest BCUT2D eigenvalue weighted by molar-refractivity contribution is 6.03. The van der Waals surface area contributed by atoms with Crippen LogP contribution >= 0.6 is 0 Å². The molecule has 4 heteroatoms. The average Bonchev–Trinajstić information content (AvgIpc) is 2.13. The van der Waals surface area contributed by atoms with Gasteiger partial charge in [0.15, 0.2) is 0 Å². The number of rotatable bonds is 1. The maximum atomic E-state index is 10.8. The molecule has 0 atom stereocenters. The van der Waals surface area contributed by atoms with Gasteiger partial charge in [-0.1, -0.05) is 0 Å². The minimum atomic E-state index is -0.0842. The number of hydrogen-bond acceptors (Lipinski definition) is 3. The third kappa shape index (κ3) is 1.13. The predicted molar refractivity (Wildman–Crippen MR) is 35.1 cm³/mol. The largest absolute Gasteiger partial charge is 0.272 e. The quantitative estimate of drug-likeness (QED) is 0.482. The molecule has 1 aliphatic rings. The van der Waals surface area contributed by atoms with Gasteiger partial charge in [0.05, 0.1) is 12.5 Å². The highest BCUT2D eigenvalue weighted by Crippen LogP contribution is 2.05. The maximum Gasteiger partial charge on any atom is 0.249 e. The molecular weight excluding hydrogens is 130 g/mol. The fourth-order valence-corrected chi connectivity index (χ4v) is 0.798. The van der Waals surface area contributed by atoms with Crippen molar-refractivity contribution >= 4 is 11.6 Å². The lowest BCUT2D eigenvalue weighted by Crippen LogP contribution is -2.20. The van der Waals surface area contributed by atoms with Crippen LogP contribution in [0.4, 0.5) is 0 Å². The lowest BCUT2D eigenvalue weighted by molar-refractivity contribution is -0.128. The van der Waals surface area contributed by atoms with E-state index < -0.39 is 0 Å². The molecule has 1 rings (SSSR count). The van der Waals surface area contributed by atoms with E-state index in [2.05, 4.69) is 5.10 Å². The van der Waals surface area contributed by atoms with E-state index in [1.165, 1.54) is 5.01 Å². The van der Waals surface area contributed by atoms with E-state index in [1.807, 2.05) is 6.07 Å². The molecule has 0 unspecified atom stereocenters. The first-order valence-corrected chi connectivity index (χ1v) is 2.95. The molecule has 0 saturated carbocycles. The smallest absolute Gasteiger partial charge is 0.249 e. The number of nitrogens with zero attached hydrogens (tertiary/aromatic N) is 3. The van der Waals surface area contributed by atoms with Gasteiger partial charge in [-0.15, -0.1) is 0 Å². The molecule has 0 saturated heterocycles. The summed E-state index contributed by atoms with van der Waals surface area (Å²) < 4.78 is 0. The number of nitriles is 1. The van der Waals surface area contributed by atoms with Crippen LogP contribution < -0.4 is 0 Å². The van der Waals surface area contributed by atoms with Gasteiger partial charge < -0.3 is 0 Å². The zero-order valence-corrected chi connectivity index (χ0v) is 5.66. The first-order valence-electron chi connectivity index (χ1n) is 2.95. The molecule has 1 amide bonds. The predicted octanol–water partition coefficient (Wildman–Crippen LogP) is 0.118. The Morgan fingerprint density at radius 1 is 1.90 bits per heavy atom. The summed E-state index contributed by atoms with van der Waals surface area (Å²) in [5.41, 5.74) is 0.778. The van der Waals surface area contributed by atoms with E-state index in [1.54, 1.807) is 6.92 Å². The molecule has 0 radical (unpaired) electrons.